The van der Waals surface area contributed by atoms with Crippen LogP contribution in [0, 0.1) is 0 Å². The number of methoxy groups -OCH3 is 2. The van der Waals surface area contributed by atoms with Crippen LogP contribution in [-0.2, 0) is 18.9 Å². The smallest absolute Gasteiger partial charge is 0.137 e. The quantitative estimate of drug-likeness (QED) is 0.507. The lowest BCUT2D eigenvalue weighted by Gasteiger charge is -2.45. The van der Waals surface area contributed by atoms with E-state index in [1.54, 1.807) is 26.0 Å². The van der Waals surface area contributed by atoms with Gasteiger partial charge in [0.25, 0.3) is 0 Å². The van der Waals surface area contributed by atoms with E-state index in [1.807, 2.05) is 24.3 Å². The van der Waals surface area contributed by atoms with Crippen LogP contribution in [0.4, 0.5) is 0 Å². The summed E-state index contributed by atoms with van der Waals surface area (Å²) in [5, 5.41) is 0. The second kappa shape index (κ2) is 11.0. The Morgan fingerprint density at radius 2 is 1.88 bits per heavy atom. The maximum Gasteiger partial charge on any atom is 0.137 e. The van der Waals surface area contributed by atoms with E-state index in [9.17, 15) is 0 Å². The van der Waals surface area contributed by atoms with Gasteiger partial charge in [0.05, 0.1) is 0 Å². The molecule has 6 heteroatoms. The molecule has 2 rings (SSSR count). The van der Waals surface area contributed by atoms with Crippen molar-refractivity contribution in [1.82, 2.24) is 0 Å². The standard InChI is InChI=1S/C19H29NO4S/c1-4-5-9-12-23-16-15(13-20)24-19(18(22-3)17(16)21-2)25-14-10-7-6-8-11-14/h4,6-8,10-11,15-19H,1,5,9,12-13,20H2,2-3H3/t15-,16-,17+,18-,19+/m1/s1. The maximum absolute atomic E-state index is 6.23. The molecular formula is C19H29NO4S. The number of thioether (sulfide) groups is 1. The summed E-state index contributed by atoms with van der Waals surface area (Å²) in [5.74, 6) is 0. The van der Waals surface area contributed by atoms with Gasteiger partial charge in [0.1, 0.15) is 29.9 Å². The molecule has 0 saturated carbocycles. The fourth-order valence-electron chi connectivity index (χ4n) is 2.96. The van der Waals surface area contributed by atoms with E-state index in [0.717, 1.165) is 17.7 Å². The number of hydrogen-bond donors (Lipinski definition) is 1. The summed E-state index contributed by atoms with van der Waals surface area (Å²) < 4.78 is 23.8. The number of allylic oxidation sites excluding steroid dienone is 1. The topological polar surface area (TPSA) is 62.9 Å². The molecule has 0 aliphatic carbocycles. The minimum absolute atomic E-state index is 0.209. The predicted molar refractivity (Wildman–Crippen MR) is 101 cm³/mol. The van der Waals surface area contributed by atoms with Gasteiger partial charge >= 0.3 is 0 Å². The molecule has 0 bridgehead atoms. The average Bonchev–Trinajstić information content (AvgIpc) is 2.65. The van der Waals surface area contributed by atoms with Gasteiger partial charge in [-0.1, -0.05) is 36.0 Å². The van der Waals surface area contributed by atoms with Crippen molar-refractivity contribution in [2.45, 2.75) is 47.6 Å². The van der Waals surface area contributed by atoms with Crippen molar-refractivity contribution >= 4 is 11.8 Å². The van der Waals surface area contributed by atoms with Crippen LogP contribution in [-0.4, -0.2) is 57.2 Å². The zero-order chi connectivity index (χ0) is 18.1. The van der Waals surface area contributed by atoms with Gasteiger partial charge in [0.2, 0.25) is 0 Å². The molecule has 1 aliphatic rings. The summed E-state index contributed by atoms with van der Waals surface area (Å²) >= 11 is 1.62. The van der Waals surface area contributed by atoms with Gasteiger partial charge in [-0.3, -0.25) is 0 Å². The van der Waals surface area contributed by atoms with Crippen LogP contribution in [0.15, 0.2) is 47.9 Å². The molecule has 1 aromatic carbocycles. The molecular weight excluding hydrogens is 338 g/mol. The van der Waals surface area contributed by atoms with Crippen molar-refractivity contribution in [3.63, 3.8) is 0 Å². The molecule has 5 atom stereocenters. The van der Waals surface area contributed by atoms with E-state index in [4.69, 9.17) is 24.7 Å². The van der Waals surface area contributed by atoms with E-state index < -0.39 is 0 Å². The van der Waals surface area contributed by atoms with Crippen LogP contribution < -0.4 is 5.73 Å². The molecule has 0 radical (unpaired) electrons. The summed E-state index contributed by atoms with van der Waals surface area (Å²) in [6.45, 7) is 4.72. The van der Waals surface area contributed by atoms with Gasteiger partial charge in [-0.25, -0.2) is 0 Å². The van der Waals surface area contributed by atoms with Gasteiger partial charge in [-0.05, 0) is 25.0 Å². The highest BCUT2D eigenvalue weighted by atomic mass is 32.2. The van der Waals surface area contributed by atoms with Crippen molar-refractivity contribution in [2.75, 3.05) is 27.4 Å². The Morgan fingerprint density at radius 3 is 2.48 bits per heavy atom. The fourth-order valence-corrected chi connectivity index (χ4v) is 4.14. The van der Waals surface area contributed by atoms with E-state index >= 15 is 0 Å². The monoisotopic (exact) mass is 367 g/mol. The Hall–Kier alpha value is -0.890. The Bertz CT molecular complexity index is 501. The molecule has 0 aromatic heterocycles. The van der Waals surface area contributed by atoms with Gasteiger partial charge < -0.3 is 24.7 Å². The number of nitrogens with two attached hydrogens (primary N) is 1. The SMILES string of the molecule is C=CCCCO[C@H]1[C@H](OC)[C@@H](OC)[C@H](Sc2ccccc2)O[C@@H]1CN. The fraction of sp³-hybridized carbons (Fsp3) is 0.579. The normalized spacial score (nSPS) is 29.5. The number of ether oxygens (including phenoxy) is 4. The summed E-state index contributed by atoms with van der Waals surface area (Å²) in [6, 6.07) is 10.1. The van der Waals surface area contributed by atoms with E-state index in [1.165, 1.54) is 0 Å². The Morgan fingerprint density at radius 1 is 1.16 bits per heavy atom. The van der Waals surface area contributed by atoms with Crippen LogP contribution in [0.2, 0.25) is 0 Å². The number of unbranched alkanes of at least 4 members (excludes halogenated alkanes) is 1. The zero-order valence-electron chi connectivity index (χ0n) is 15.0. The van der Waals surface area contributed by atoms with Crippen molar-refractivity contribution in [3.8, 4) is 0 Å². The third-order valence-electron chi connectivity index (χ3n) is 4.23. The van der Waals surface area contributed by atoms with Crippen molar-refractivity contribution in [1.29, 1.82) is 0 Å². The first-order chi connectivity index (χ1) is 12.2. The van der Waals surface area contributed by atoms with E-state index in [-0.39, 0.29) is 29.9 Å². The lowest BCUT2D eigenvalue weighted by atomic mass is 9.99. The first-order valence-electron chi connectivity index (χ1n) is 8.60. The summed E-state index contributed by atoms with van der Waals surface area (Å²) in [4.78, 5) is 1.12. The molecule has 1 aromatic rings. The molecule has 140 valence electrons. The lowest BCUT2D eigenvalue weighted by molar-refractivity contribution is -0.224. The summed E-state index contributed by atoms with van der Waals surface area (Å²) in [7, 11) is 3.36. The Balaban J connectivity index is 2.10. The molecule has 25 heavy (non-hydrogen) atoms. The maximum atomic E-state index is 6.23. The summed E-state index contributed by atoms with van der Waals surface area (Å²) in [5.41, 5.74) is 5.75. The van der Waals surface area contributed by atoms with Crippen LogP contribution in [0.5, 0.6) is 0 Å². The summed E-state index contributed by atoms with van der Waals surface area (Å²) in [6.07, 6.45) is 2.74. The molecule has 1 aliphatic heterocycles. The largest absolute Gasteiger partial charge is 0.376 e. The molecule has 1 heterocycles. The minimum atomic E-state index is -0.252. The lowest BCUT2D eigenvalue weighted by Crippen LogP contribution is -2.60. The van der Waals surface area contributed by atoms with Gasteiger partial charge in [-0.15, -0.1) is 6.58 Å². The second-order valence-electron chi connectivity index (χ2n) is 5.88. The molecule has 1 saturated heterocycles. The first-order valence-corrected chi connectivity index (χ1v) is 9.48. The number of rotatable bonds is 10. The highest BCUT2D eigenvalue weighted by Gasteiger charge is 2.47. The molecule has 1 fully saturated rings. The molecule has 2 N–H and O–H groups in total. The molecule has 0 amide bonds. The van der Waals surface area contributed by atoms with Gasteiger partial charge in [-0.2, -0.15) is 0 Å². The third kappa shape index (κ3) is 5.54. The zero-order valence-corrected chi connectivity index (χ0v) is 15.8. The van der Waals surface area contributed by atoms with E-state index in [2.05, 4.69) is 18.7 Å². The van der Waals surface area contributed by atoms with Crippen LogP contribution >= 0.6 is 11.8 Å². The number of benzene rings is 1. The first kappa shape index (κ1) is 20.4. The second-order valence-corrected chi connectivity index (χ2v) is 7.05. The molecule has 5 nitrogen and oxygen atoms in total. The van der Waals surface area contributed by atoms with Crippen LogP contribution in [0.3, 0.4) is 0 Å². The third-order valence-corrected chi connectivity index (χ3v) is 5.38. The minimum Gasteiger partial charge on any atom is -0.376 e. The molecule has 0 spiro atoms. The predicted octanol–water partition coefficient (Wildman–Crippen LogP) is 2.84. The highest BCUT2D eigenvalue weighted by Crippen LogP contribution is 2.36. The number of hydrogen-bond acceptors (Lipinski definition) is 6. The highest BCUT2D eigenvalue weighted by molar-refractivity contribution is 7.99. The van der Waals surface area contributed by atoms with Gasteiger partial charge in [0, 0.05) is 32.3 Å². The van der Waals surface area contributed by atoms with Crippen molar-refractivity contribution in [3.05, 3.63) is 43.0 Å². The van der Waals surface area contributed by atoms with Crippen LogP contribution in [0.1, 0.15) is 12.8 Å². The van der Waals surface area contributed by atoms with Crippen LogP contribution in [0.25, 0.3) is 0 Å². The Kier molecular flexibility index (Phi) is 8.95. The molecule has 0 unspecified atom stereocenters. The Labute approximate surface area is 154 Å². The van der Waals surface area contributed by atoms with Crippen molar-refractivity contribution in [2.24, 2.45) is 5.73 Å². The van der Waals surface area contributed by atoms with Crippen molar-refractivity contribution < 1.29 is 18.9 Å². The van der Waals surface area contributed by atoms with Gasteiger partial charge in [0.15, 0.2) is 0 Å². The average molecular weight is 368 g/mol. The van der Waals surface area contributed by atoms with E-state index in [0.29, 0.717) is 13.2 Å².